The Morgan fingerprint density at radius 1 is 1.32 bits per heavy atom. The number of hydrogen-bond acceptors (Lipinski definition) is 5. The molecule has 1 rings (SSSR count). The first-order chi connectivity index (χ1) is 8.47. The van der Waals surface area contributed by atoms with E-state index in [1.165, 1.54) is 6.07 Å². The molecule has 1 aromatic rings. The van der Waals surface area contributed by atoms with Crippen LogP contribution in [0.4, 0.5) is 17.1 Å². The van der Waals surface area contributed by atoms with E-state index in [1.807, 2.05) is 40.0 Å². The fourth-order valence-electron chi connectivity index (χ4n) is 1.29. The van der Waals surface area contributed by atoms with Crippen molar-refractivity contribution in [3.05, 3.63) is 28.3 Å². The monoisotopic (exact) mass is 290 g/mol. The Bertz CT molecular complexity index is 386. The molecule has 0 amide bonds. The highest BCUT2D eigenvalue weighted by Gasteiger charge is 2.13. The van der Waals surface area contributed by atoms with Crippen LogP contribution in [0.3, 0.4) is 0 Å². The van der Waals surface area contributed by atoms with Crippen molar-refractivity contribution in [3.8, 4) is 0 Å². The molecule has 0 heterocycles. The largest absolute Gasteiger partial charge is 0.380 e. The van der Waals surface area contributed by atoms with Crippen molar-refractivity contribution in [3.63, 3.8) is 0 Å². The number of nitro benzene ring substituents is 1. The molecule has 0 atom stereocenters. The van der Waals surface area contributed by atoms with Gasteiger partial charge in [0.1, 0.15) is 5.69 Å². The van der Waals surface area contributed by atoms with E-state index in [0.717, 1.165) is 5.69 Å². The van der Waals surface area contributed by atoms with E-state index in [0.29, 0.717) is 12.2 Å². The molecule has 0 aliphatic heterocycles. The first-order valence-corrected chi connectivity index (χ1v) is 5.76. The van der Waals surface area contributed by atoms with Crippen LogP contribution in [0.5, 0.6) is 0 Å². The molecule has 0 radical (unpaired) electrons. The lowest BCUT2D eigenvalue weighted by Crippen LogP contribution is -2.10. The molecule has 0 aliphatic carbocycles. The fraction of sp³-hybridized carbons (Fsp3) is 0.500. The van der Waals surface area contributed by atoms with Crippen LogP contribution in [0.25, 0.3) is 0 Å². The van der Waals surface area contributed by atoms with Gasteiger partial charge in [-0.05, 0) is 33.2 Å². The first kappa shape index (κ1) is 19.8. The molecule has 0 aliphatic rings. The van der Waals surface area contributed by atoms with Crippen molar-refractivity contribution in [2.75, 3.05) is 45.0 Å². The standard InChI is InChI=1S/C10H15N3O2.C2H7N.ClH/c1-4-11-9-7-8(12(2)3)5-6-10(9)13(14)15;1-3-2;/h5-7,11H,4H2,1-3H3;3H,1-2H3;1H. The van der Waals surface area contributed by atoms with Crippen molar-refractivity contribution in [1.29, 1.82) is 0 Å². The molecule has 1 aromatic carbocycles. The summed E-state index contributed by atoms with van der Waals surface area (Å²) in [6, 6.07) is 5.04. The van der Waals surface area contributed by atoms with Crippen LogP contribution < -0.4 is 15.5 Å². The summed E-state index contributed by atoms with van der Waals surface area (Å²) >= 11 is 0. The molecule has 0 saturated heterocycles. The molecule has 7 heteroatoms. The summed E-state index contributed by atoms with van der Waals surface area (Å²) in [4.78, 5) is 12.3. The van der Waals surface area contributed by atoms with Gasteiger partial charge in [0, 0.05) is 32.4 Å². The Morgan fingerprint density at radius 3 is 2.21 bits per heavy atom. The van der Waals surface area contributed by atoms with Crippen molar-refractivity contribution >= 4 is 29.5 Å². The zero-order valence-corrected chi connectivity index (χ0v) is 12.9. The summed E-state index contributed by atoms with van der Waals surface area (Å²) in [5, 5.41) is 16.5. The maximum Gasteiger partial charge on any atom is 0.292 e. The summed E-state index contributed by atoms with van der Waals surface area (Å²) in [7, 11) is 7.55. The lowest BCUT2D eigenvalue weighted by atomic mass is 10.2. The van der Waals surface area contributed by atoms with Gasteiger partial charge in [-0.3, -0.25) is 10.1 Å². The molecular formula is C12H23ClN4O2. The average Bonchev–Trinajstić information content (AvgIpc) is 2.30. The minimum absolute atomic E-state index is 0. The van der Waals surface area contributed by atoms with E-state index in [2.05, 4.69) is 10.6 Å². The molecule has 0 bridgehead atoms. The molecule has 110 valence electrons. The van der Waals surface area contributed by atoms with Gasteiger partial charge >= 0.3 is 0 Å². The van der Waals surface area contributed by atoms with Crippen molar-refractivity contribution < 1.29 is 4.92 Å². The first-order valence-electron chi connectivity index (χ1n) is 5.76. The summed E-state index contributed by atoms with van der Waals surface area (Å²) in [5.41, 5.74) is 1.62. The summed E-state index contributed by atoms with van der Waals surface area (Å²) in [5.74, 6) is 0. The van der Waals surface area contributed by atoms with Gasteiger partial charge in [0.05, 0.1) is 4.92 Å². The SMILES string of the molecule is CCNc1cc(N(C)C)ccc1[N+](=O)[O-].CNC.Cl. The second-order valence-corrected chi connectivity index (χ2v) is 3.88. The predicted molar refractivity (Wildman–Crippen MR) is 83.8 cm³/mol. The van der Waals surface area contributed by atoms with Gasteiger partial charge in [-0.25, -0.2) is 0 Å². The van der Waals surface area contributed by atoms with E-state index in [4.69, 9.17) is 0 Å². The molecule has 2 N–H and O–H groups in total. The van der Waals surface area contributed by atoms with E-state index < -0.39 is 0 Å². The number of rotatable bonds is 4. The maximum absolute atomic E-state index is 10.7. The quantitative estimate of drug-likeness (QED) is 0.658. The Hall–Kier alpha value is -1.53. The number of hydrogen-bond donors (Lipinski definition) is 2. The summed E-state index contributed by atoms with van der Waals surface area (Å²) < 4.78 is 0. The molecule has 0 saturated carbocycles. The predicted octanol–water partition coefficient (Wildman–Crippen LogP) is 2.35. The van der Waals surface area contributed by atoms with Crippen LogP contribution in [0.2, 0.25) is 0 Å². The average molecular weight is 291 g/mol. The van der Waals surface area contributed by atoms with Crippen LogP contribution in [0.1, 0.15) is 6.92 Å². The van der Waals surface area contributed by atoms with Gasteiger partial charge in [0.2, 0.25) is 0 Å². The Morgan fingerprint density at radius 2 is 1.84 bits per heavy atom. The van der Waals surface area contributed by atoms with E-state index in [9.17, 15) is 10.1 Å². The highest BCUT2D eigenvalue weighted by Crippen LogP contribution is 2.28. The van der Waals surface area contributed by atoms with Gasteiger partial charge in [0.25, 0.3) is 5.69 Å². The molecule has 0 spiro atoms. The lowest BCUT2D eigenvalue weighted by Gasteiger charge is -2.14. The number of nitrogens with one attached hydrogen (secondary N) is 2. The van der Waals surface area contributed by atoms with Gasteiger partial charge < -0.3 is 15.5 Å². The van der Waals surface area contributed by atoms with Gasteiger partial charge in [-0.15, -0.1) is 12.4 Å². The van der Waals surface area contributed by atoms with E-state index in [-0.39, 0.29) is 23.0 Å². The Labute approximate surface area is 120 Å². The topological polar surface area (TPSA) is 70.4 Å². The Balaban J connectivity index is 0. The van der Waals surface area contributed by atoms with Crippen LogP contribution in [0, 0.1) is 10.1 Å². The number of nitro groups is 1. The highest BCUT2D eigenvalue weighted by atomic mass is 35.5. The third-order valence-corrected chi connectivity index (χ3v) is 2.06. The fourth-order valence-corrected chi connectivity index (χ4v) is 1.29. The molecule has 0 unspecified atom stereocenters. The second kappa shape index (κ2) is 10.4. The van der Waals surface area contributed by atoms with E-state index in [1.54, 1.807) is 12.1 Å². The van der Waals surface area contributed by atoms with Gasteiger partial charge in [-0.2, -0.15) is 0 Å². The van der Waals surface area contributed by atoms with Crippen LogP contribution in [-0.2, 0) is 0 Å². The minimum atomic E-state index is -0.378. The molecular weight excluding hydrogens is 268 g/mol. The maximum atomic E-state index is 10.7. The van der Waals surface area contributed by atoms with Gasteiger partial charge in [-0.1, -0.05) is 0 Å². The third-order valence-electron chi connectivity index (χ3n) is 2.06. The van der Waals surface area contributed by atoms with Crippen molar-refractivity contribution in [2.45, 2.75) is 6.92 Å². The number of benzene rings is 1. The van der Waals surface area contributed by atoms with Crippen LogP contribution in [-0.4, -0.2) is 39.7 Å². The third kappa shape index (κ3) is 6.83. The zero-order chi connectivity index (χ0) is 14.1. The molecule has 6 nitrogen and oxygen atoms in total. The van der Waals surface area contributed by atoms with Crippen LogP contribution in [0.15, 0.2) is 18.2 Å². The van der Waals surface area contributed by atoms with Crippen molar-refractivity contribution in [2.24, 2.45) is 0 Å². The normalized spacial score (nSPS) is 8.68. The number of nitrogens with zero attached hydrogens (tertiary/aromatic N) is 2. The molecule has 0 aromatic heterocycles. The number of anilines is 2. The zero-order valence-electron chi connectivity index (χ0n) is 12.1. The Kier molecular flexibility index (Phi) is 10.8. The van der Waals surface area contributed by atoms with E-state index >= 15 is 0 Å². The number of halogens is 1. The van der Waals surface area contributed by atoms with Gasteiger partial charge in [0.15, 0.2) is 0 Å². The summed E-state index contributed by atoms with van der Waals surface area (Å²) in [6.45, 7) is 2.57. The molecule has 19 heavy (non-hydrogen) atoms. The minimum Gasteiger partial charge on any atom is -0.380 e. The van der Waals surface area contributed by atoms with Crippen LogP contribution >= 0.6 is 12.4 Å². The highest BCUT2D eigenvalue weighted by molar-refractivity contribution is 5.85. The molecule has 0 fully saturated rings. The van der Waals surface area contributed by atoms with Crippen molar-refractivity contribution in [1.82, 2.24) is 5.32 Å². The smallest absolute Gasteiger partial charge is 0.292 e. The summed E-state index contributed by atoms with van der Waals surface area (Å²) in [6.07, 6.45) is 0. The lowest BCUT2D eigenvalue weighted by molar-refractivity contribution is -0.383. The second-order valence-electron chi connectivity index (χ2n) is 3.88.